The number of unbranched alkanes of at least 4 members (excludes halogenated alkanes) is 1. The quantitative estimate of drug-likeness (QED) is 0.479. The molecule has 1 aromatic heterocycles. The van der Waals surface area contributed by atoms with E-state index in [-0.39, 0.29) is 17.6 Å². The number of nitrogens with one attached hydrogen (secondary N) is 1. The van der Waals surface area contributed by atoms with E-state index in [1.807, 2.05) is 24.3 Å². The van der Waals surface area contributed by atoms with Crippen molar-refractivity contribution < 1.29 is 13.9 Å². The Labute approximate surface area is 162 Å². The number of para-hydroxylation sites is 1. The number of carbonyl (C=O) groups is 1. The second-order valence-electron chi connectivity index (χ2n) is 6.35. The summed E-state index contributed by atoms with van der Waals surface area (Å²) in [5.74, 6) is 0.200. The largest absolute Gasteiger partial charge is 0.484 e. The van der Waals surface area contributed by atoms with Crippen molar-refractivity contribution in [1.82, 2.24) is 5.43 Å². The molecule has 0 saturated heterocycles. The van der Waals surface area contributed by atoms with E-state index in [0.717, 1.165) is 19.3 Å². The normalized spacial score (nSPS) is 11.0. The fourth-order valence-corrected chi connectivity index (χ4v) is 2.67. The van der Waals surface area contributed by atoms with Gasteiger partial charge in [-0.2, -0.15) is 5.10 Å². The summed E-state index contributed by atoms with van der Waals surface area (Å²) in [6.45, 7) is 1.99. The van der Waals surface area contributed by atoms with Gasteiger partial charge in [-0.05, 0) is 42.7 Å². The van der Waals surface area contributed by atoms with Crippen LogP contribution >= 0.6 is 0 Å². The van der Waals surface area contributed by atoms with Crippen molar-refractivity contribution >= 4 is 23.1 Å². The van der Waals surface area contributed by atoms with Crippen molar-refractivity contribution in [1.29, 1.82) is 0 Å². The molecule has 0 bridgehead atoms. The summed E-state index contributed by atoms with van der Waals surface area (Å²) in [5.41, 5.74) is 4.13. The van der Waals surface area contributed by atoms with Gasteiger partial charge in [0, 0.05) is 0 Å². The number of amides is 1. The molecule has 2 aromatic carbocycles. The molecule has 1 amide bonds. The van der Waals surface area contributed by atoms with Gasteiger partial charge in [0.05, 0.1) is 17.2 Å². The second kappa shape index (κ2) is 9.50. The van der Waals surface area contributed by atoms with Crippen LogP contribution in [0.3, 0.4) is 0 Å². The minimum Gasteiger partial charge on any atom is -0.484 e. The number of hydrogen-bond acceptors (Lipinski definition) is 5. The van der Waals surface area contributed by atoms with Crippen LogP contribution in [-0.2, 0) is 11.2 Å². The van der Waals surface area contributed by atoms with E-state index < -0.39 is 5.91 Å². The van der Waals surface area contributed by atoms with Gasteiger partial charge < -0.3 is 9.15 Å². The number of hydrazone groups is 1. The lowest BCUT2D eigenvalue weighted by Crippen LogP contribution is -2.25. The Hall–Kier alpha value is -3.41. The summed E-state index contributed by atoms with van der Waals surface area (Å²) in [6, 6.07) is 14.6. The predicted molar refractivity (Wildman–Crippen MR) is 109 cm³/mol. The molecule has 0 aliphatic rings. The molecule has 3 rings (SSSR count). The minimum atomic E-state index is -0.420. The average molecular weight is 378 g/mol. The van der Waals surface area contributed by atoms with Gasteiger partial charge in [-0.25, -0.2) is 5.43 Å². The van der Waals surface area contributed by atoms with Gasteiger partial charge in [0.25, 0.3) is 5.91 Å². The molecule has 6 heteroatoms. The third kappa shape index (κ3) is 5.07. The molecular formula is C22H22N2O4. The van der Waals surface area contributed by atoms with Gasteiger partial charge in [-0.1, -0.05) is 37.6 Å². The molecule has 144 valence electrons. The van der Waals surface area contributed by atoms with Crippen molar-refractivity contribution in [3.05, 3.63) is 76.1 Å². The van der Waals surface area contributed by atoms with Gasteiger partial charge in [0.1, 0.15) is 17.6 Å². The van der Waals surface area contributed by atoms with Crippen LogP contribution in [0.25, 0.3) is 11.0 Å². The van der Waals surface area contributed by atoms with Gasteiger partial charge in [-0.15, -0.1) is 0 Å². The third-order valence-electron chi connectivity index (χ3n) is 4.21. The van der Waals surface area contributed by atoms with E-state index in [0.29, 0.717) is 16.7 Å². The molecule has 0 aliphatic heterocycles. The fraction of sp³-hybridized carbons (Fsp3) is 0.227. The lowest BCUT2D eigenvalue weighted by Gasteiger charge is -2.06. The number of aryl methyl sites for hydroxylation is 1. The molecule has 0 saturated carbocycles. The number of carbonyl (C=O) groups excluding carboxylic acids is 1. The number of nitrogens with zero attached hydrogens (tertiary/aromatic N) is 1. The molecule has 0 fully saturated rings. The number of ether oxygens (including phenoxy) is 1. The highest BCUT2D eigenvalue weighted by atomic mass is 16.5. The zero-order chi connectivity index (χ0) is 19.8. The molecule has 1 N–H and O–H groups in total. The van der Waals surface area contributed by atoms with E-state index in [9.17, 15) is 9.59 Å². The molecule has 6 nitrogen and oxygen atoms in total. The van der Waals surface area contributed by atoms with E-state index >= 15 is 0 Å². The number of hydrogen-bond donors (Lipinski definition) is 1. The van der Waals surface area contributed by atoms with Crippen molar-refractivity contribution in [3.8, 4) is 5.75 Å². The van der Waals surface area contributed by atoms with Crippen LogP contribution in [0.15, 0.2) is 69.1 Å². The minimum absolute atomic E-state index is 0.169. The van der Waals surface area contributed by atoms with Crippen molar-refractivity contribution in [2.45, 2.75) is 26.2 Å². The first-order chi connectivity index (χ1) is 13.7. The zero-order valence-corrected chi connectivity index (χ0v) is 15.7. The molecule has 0 unspecified atom stereocenters. The van der Waals surface area contributed by atoms with Gasteiger partial charge in [-0.3, -0.25) is 9.59 Å². The molecular weight excluding hydrogens is 356 g/mol. The summed E-state index contributed by atoms with van der Waals surface area (Å²) in [4.78, 5) is 24.2. The highest BCUT2D eigenvalue weighted by Gasteiger charge is 2.05. The fourth-order valence-electron chi connectivity index (χ4n) is 2.67. The van der Waals surface area contributed by atoms with Gasteiger partial charge in [0.15, 0.2) is 6.61 Å². The maximum Gasteiger partial charge on any atom is 0.277 e. The van der Waals surface area contributed by atoms with Crippen LogP contribution in [0.4, 0.5) is 0 Å². The number of rotatable bonds is 8. The molecule has 3 aromatic rings. The highest BCUT2D eigenvalue weighted by Crippen LogP contribution is 2.14. The standard InChI is InChI=1S/C22H22N2O4/c1-2-3-6-16-9-11-18(12-10-16)27-15-21(25)24-23-13-17-14-28-20-8-5-4-7-19(20)22(17)26/h4-5,7-14H,2-3,6,15H2,1H3,(H,24,25)/b23-13-. The van der Waals surface area contributed by atoms with E-state index in [1.165, 1.54) is 18.0 Å². The van der Waals surface area contributed by atoms with Crippen molar-refractivity contribution in [3.63, 3.8) is 0 Å². The predicted octanol–water partition coefficient (Wildman–Crippen LogP) is 3.66. The van der Waals surface area contributed by atoms with E-state index in [4.69, 9.17) is 9.15 Å². The number of benzene rings is 2. The van der Waals surface area contributed by atoms with Crippen LogP contribution in [0.2, 0.25) is 0 Å². The topological polar surface area (TPSA) is 80.9 Å². The zero-order valence-electron chi connectivity index (χ0n) is 15.7. The molecule has 0 aliphatic carbocycles. The molecule has 0 atom stereocenters. The monoisotopic (exact) mass is 378 g/mol. The van der Waals surface area contributed by atoms with E-state index in [2.05, 4.69) is 17.5 Å². The first kappa shape index (κ1) is 19.4. The molecule has 1 heterocycles. The van der Waals surface area contributed by atoms with Crippen LogP contribution in [0, 0.1) is 0 Å². The third-order valence-corrected chi connectivity index (χ3v) is 4.21. The van der Waals surface area contributed by atoms with Crippen LogP contribution in [-0.4, -0.2) is 18.7 Å². The van der Waals surface area contributed by atoms with Gasteiger partial charge in [0.2, 0.25) is 5.43 Å². The average Bonchev–Trinajstić information content (AvgIpc) is 2.73. The first-order valence-electron chi connectivity index (χ1n) is 9.21. The van der Waals surface area contributed by atoms with Crippen LogP contribution in [0.1, 0.15) is 30.9 Å². The van der Waals surface area contributed by atoms with Crippen molar-refractivity contribution in [2.24, 2.45) is 5.10 Å². The van der Waals surface area contributed by atoms with Crippen LogP contribution in [0.5, 0.6) is 5.75 Å². The Morgan fingerprint density at radius 3 is 2.75 bits per heavy atom. The SMILES string of the molecule is CCCCc1ccc(OCC(=O)N/N=C\c2coc3ccccc3c2=O)cc1. The summed E-state index contributed by atoms with van der Waals surface area (Å²) >= 11 is 0. The lowest BCUT2D eigenvalue weighted by molar-refractivity contribution is -0.123. The Morgan fingerprint density at radius 2 is 1.96 bits per heavy atom. The second-order valence-corrected chi connectivity index (χ2v) is 6.35. The summed E-state index contributed by atoms with van der Waals surface area (Å²) in [6.07, 6.45) is 5.92. The maximum atomic E-state index is 12.3. The first-order valence-corrected chi connectivity index (χ1v) is 9.21. The Balaban J connectivity index is 1.51. The summed E-state index contributed by atoms with van der Waals surface area (Å²) in [5, 5.41) is 4.27. The van der Waals surface area contributed by atoms with Crippen molar-refractivity contribution in [2.75, 3.05) is 6.61 Å². The summed E-state index contributed by atoms with van der Waals surface area (Å²) < 4.78 is 10.8. The van der Waals surface area contributed by atoms with E-state index in [1.54, 1.807) is 24.3 Å². The van der Waals surface area contributed by atoms with Crippen LogP contribution < -0.4 is 15.6 Å². The maximum absolute atomic E-state index is 12.3. The Kier molecular flexibility index (Phi) is 6.57. The Bertz CT molecular complexity index is 1020. The number of fused-ring (bicyclic) bond motifs is 1. The molecule has 0 radical (unpaired) electrons. The van der Waals surface area contributed by atoms with Gasteiger partial charge >= 0.3 is 0 Å². The Morgan fingerprint density at radius 1 is 1.18 bits per heavy atom. The molecule has 28 heavy (non-hydrogen) atoms. The lowest BCUT2D eigenvalue weighted by atomic mass is 10.1. The smallest absolute Gasteiger partial charge is 0.277 e. The highest BCUT2D eigenvalue weighted by molar-refractivity contribution is 5.87. The summed E-state index contributed by atoms with van der Waals surface area (Å²) in [7, 11) is 0. The molecule has 0 spiro atoms.